The molecule has 6 heteroatoms. The van der Waals surface area contributed by atoms with E-state index in [1.54, 1.807) is 36.7 Å². The summed E-state index contributed by atoms with van der Waals surface area (Å²) in [6.45, 7) is 0. The SMILES string of the molecule is COc1ccc(/C(=C/c2cccnc2)C(=O)O)c(OC)c1OC. The molecule has 0 aliphatic carbocycles. The standard InChI is InChI=1S/C17H17NO5/c1-21-14-7-6-12(15(22-2)16(14)23-3)13(17(19)20)9-11-5-4-8-18-10-11/h4-10H,1-3H3,(H,19,20)/b13-9-. The van der Waals surface area contributed by atoms with Crippen molar-refractivity contribution >= 4 is 17.6 Å². The molecule has 2 rings (SSSR count). The van der Waals surface area contributed by atoms with Crippen molar-refractivity contribution in [3.05, 3.63) is 47.8 Å². The number of methoxy groups -OCH3 is 3. The minimum atomic E-state index is -1.08. The van der Waals surface area contributed by atoms with Crippen molar-refractivity contribution in [2.45, 2.75) is 0 Å². The van der Waals surface area contributed by atoms with Gasteiger partial charge in [-0.05, 0) is 29.8 Å². The number of pyridine rings is 1. The smallest absolute Gasteiger partial charge is 0.336 e. The number of aliphatic carboxylic acids is 1. The van der Waals surface area contributed by atoms with Crippen molar-refractivity contribution in [3.8, 4) is 17.2 Å². The van der Waals surface area contributed by atoms with E-state index in [4.69, 9.17) is 14.2 Å². The third-order valence-electron chi connectivity index (χ3n) is 3.22. The lowest BCUT2D eigenvalue weighted by molar-refractivity contribution is -0.130. The maximum absolute atomic E-state index is 11.7. The van der Waals surface area contributed by atoms with Gasteiger partial charge in [-0.25, -0.2) is 4.79 Å². The molecule has 1 aromatic carbocycles. The highest BCUT2D eigenvalue weighted by Gasteiger charge is 2.22. The third-order valence-corrected chi connectivity index (χ3v) is 3.22. The molecule has 0 unspecified atom stereocenters. The highest BCUT2D eigenvalue weighted by Crippen LogP contribution is 2.42. The van der Waals surface area contributed by atoms with Crippen LogP contribution in [0.15, 0.2) is 36.7 Å². The lowest BCUT2D eigenvalue weighted by atomic mass is 10.0. The summed E-state index contributed by atoms with van der Waals surface area (Å²) in [5.41, 5.74) is 1.12. The summed E-state index contributed by atoms with van der Waals surface area (Å²) in [5, 5.41) is 9.58. The van der Waals surface area contributed by atoms with Gasteiger partial charge in [-0.1, -0.05) is 6.07 Å². The van der Waals surface area contributed by atoms with E-state index in [2.05, 4.69) is 4.98 Å². The van der Waals surface area contributed by atoms with Gasteiger partial charge in [0, 0.05) is 18.0 Å². The van der Waals surface area contributed by atoms with E-state index in [1.807, 2.05) is 0 Å². The number of benzene rings is 1. The number of aromatic nitrogens is 1. The van der Waals surface area contributed by atoms with Crippen molar-refractivity contribution in [1.29, 1.82) is 0 Å². The second-order valence-electron chi connectivity index (χ2n) is 4.53. The zero-order valence-corrected chi connectivity index (χ0v) is 13.1. The Morgan fingerprint density at radius 3 is 2.35 bits per heavy atom. The van der Waals surface area contributed by atoms with Crippen LogP contribution >= 0.6 is 0 Å². The lowest BCUT2D eigenvalue weighted by Crippen LogP contribution is -2.04. The number of hydrogen-bond donors (Lipinski definition) is 1. The van der Waals surface area contributed by atoms with Gasteiger partial charge >= 0.3 is 5.97 Å². The summed E-state index contributed by atoms with van der Waals surface area (Å²) in [6.07, 6.45) is 4.73. The first-order valence-corrected chi connectivity index (χ1v) is 6.76. The zero-order chi connectivity index (χ0) is 16.8. The first kappa shape index (κ1) is 16.4. The molecule has 0 fully saturated rings. The number of hydrogen-bond acceptors (Lipinski definition) is 5. The Morgan fingerprint density at radius 1 is 1.09 bits per heavy atom. The van der Waals surface area contributed by atoms with Crippen LogP contribution in [0.2, 0.25) is 0 Å². The number of carboxylic acid groups (broad SMARTS) is 1. The van der Waals surface area contributed by atoms with Crippen LogP contribution in [0.4, 0.5) is 0 Å². The van der Waals surface area contributed by atoms with Gasteiger partial charge in [0.25, 0.3) is 0 Å². The van der Waals surface area contributed by atoms with Crippen LogP contribution in [-0.4, -0.2) is 37.4 Å². The van der Waals surface area contributed by atoms with E-state index in [9.17, 15) is 9.90 Å². The molecule has 0 amide bonds. The summed E-state index contributed by atoms with van der Waals surface area (Å²) in [6, 6.07) is 6.76. The van der Waals surface area contributed by atoms with Crippen LogP contribution in [0.25, 0.3) is 11.6 Å². The van der Waals surface area contributed by atoms with Crippen molar-refractivity contribution < 1.29 is 24.1 Å². The molecule has 1 heterocycles. The fourth-order valence-electron chi connectivity index (χ4n) is 2.20. The van der Waals surface area contributed by atoms with Gasteiger partial charge in [-0.3, -0.25) is 4.98 Å². The molecule has 0 saturated heterocycles. The predicted molar refractivity (Wildman–Crippen MR) is 85.8 cm³/mol. The number of carbonyl (C=O) groups is 1. The largest absolute Gasteiger partial charge is 0.493 e. The molecule has 0 saturated carbocycles. The Balaban J connectivity index is 2.65. The summed E-state index contributed by atoms with van der Waals surface area (Å²) in [7, 11) is 4.42. The molecule has 0 spiro atoms. The van der Waals surface area contributed by atoms with E-state index >= 15 is 0 Å². The van der Waals surface area contributed by atoms with E-state index < -0.39 is 5.97 Å². The highest BCUT2D eigenvalue weighted by atomic mass is 16.5. The van der Waals surface area contributed by atoms with Gasteiger partial charge < -0.3 is 19.3 Å². The molecular weight excluding hydrogens is 298 g/mol. The summed E-state index contributed by atoms with van der Waals surface area (Å²) < 4.78 is 15.9. The molecule has 120 valence electrons. The van der Waals surface area contributed by atoms with Crippen molar-refractivity contribution in [1.82, 2.24) is 4.98 Å². The molecule has 2 aromatic rings. The second-order valence-corrected chi connectivity index (χ2v) is 4.53. The third kappa shape index (κ3) is 3.42. The number of rotatable bonds is 6. The second kappa shape index (κ2) is 7.31. The van der Waals surface area contributed by atoms with E-state index in [0.29, 0.717) is 28.4 Å². The summed E-state index contributed by atoms with van der Waals surface area (Å²) >= 11 is 0. The van der Waals surface area contributed by atoms with Gasteiger partial charge in [0.15, 0.2) is 11.5 Å². The fraction of sp³-hybridized carbons (Fsp3) is 0.176. The molecular formula is C17H17NO5. The minimum Gasteiger partial charge on any atom is -0.493 e. The van der Waals surface area contributed by atoms with Crippen LogP contribution in [0.1, 0.15) is 11.1 Å². The predicted octanol–water partition coefficient (Wildman–Crippen LogP) is 2.73. The fourth-order valence-corrected chi connectivity index (χ4v) is 2.20. The average Bonchev–Trinajstić information content (AvgIpc) is 2.58. The summed E-state index contributed by atoms with van der Waals surface area (Å²) in [5.74, 6) is 0.00816. The van der Waals surface area contributed by atoms with Crippen LogP contribution in [0.3, 0.4) is 0 Å². The topological polar surface area (TPSA) is 77.9 Å². The molecule has 0 bridgehead atoms. The van der Waals surface area contributed by atoms with Gasteiger partial charge in [-0.15, -0.1) is 0 Å². The molecule has 6 nitrogen and oxygen atoms in total. The quantitative estimate of drug-likeness (QED) is 0.826. The Kier molecular flexibility index (Phi) is 5.19. The first-order chi connectivity index (χ1) is 11.1. The van der Waals surface area contributed by atoms with Crippen LogP contribution in [0.5, 0.6) is 17.2 Å². The Labute approximate surface area is 134 Å². The van der Waals surface area contributed by atoms with Crippen molar-refractivity contribution in [3.63, 3.8) is 0 Å². The minimum absolute atomic E-state index is 0.0656. The monoisotopic (exact) mass is 315 g/mol. The van der Waals surface area contributed by atoms with Gasteiger partial charge in [-0.2, -0.15) is 0 Å². The number of ether oxygens (including phenoxy) is 3. The van der Waals surface area contributed by atoms with Crippen LogP contribution < -0.4 is 14.2 Å². The van der Waals surface area contributed by atoms with E-state index in [0.717, 1.165) is 0 Å². The van der Waals surface area contributed by atoms with Gasteiger partial charge in [0.05, 0.1) is 26.9 Å². The van der Waals surface area contributed by atoms with Gasteiger partial charge in [0.1, 0.15) is 0 Å². The highest BCUT2D eigenvalue weighted by molar-refractivity contribution is 6.21. The maximum Gasteiger partial charge on any atom is 0.336 e. The summed E-state index contributed by atoms with van der Waals surface area (Å²) in [4.78, 5) is 15.7. The Bertz CT molecular complexity index is 725. The first-order valence-electron chi connectivity index (χ1n) is 6.76. The van der Waals surface area contributed by atoms with Gasteiger partial charge in [0.2, 0.25) is 5.75 Å². The molecule has 1 N–H and O–H groups in total. The molecule has 0 radical (unpaired) electrons. The Morgan fingerprint density at radius 2 is 1.83 bits per heavy atom. The van der Waals surface area contributed by atoms with Crippen molar-refractivity contribution in [2.24, 2.45) is 0 Å². The van der Waals surface area contributed by atoms with Crippen molar-refractivity contribution in [2.75, 3.05) is 21.3 Å². The number of nitrogens with zero attached hydrogens (tertiary/aromatic N) is 1. The zero-order valence-electron chi connectivity index (χ0n) is 13.1. The molecule has 0 aliphatic rings. The van der Waals surface area contributed by atoms with E-state index in [-0.39, 0.29) is 5.57 Å². The maximum atomic E-state index is 11.7. The normalized spacial score (nSPS) is 11.0. The molecule has 0 aliphatic heterocycles. The molecule has 23 heavy (non-hydrogen) atoms. The van der Waals surface area contributed by atoms with Crippen LogP contribution in [-0.2, 0) is 4.79 Å². The molecule has 1 aromatic heterocycles. The average molecular weight is 315 g/mol. The van der Waals surface area contributed by atoms with E-state index in [1.165, 1.54) is 27.4 Å². The Hall–Kier alpha value is -3.02. The number of carboxylic acids is 1. The molecule has 0 atom stereocenters. The van der Waals surface area contributed by atoms with Crippen LogP contribution in [0, 0.1) is 0 Å². The lowest BCUT2D eigenvalue weighted by Gasteiger charge is -2.16.